The van der Waals surface area contributed by atoms with E-state index in [1.807, 2.05) is 11.8 Å². The van der Waals surface area contributed by atoms with Gasteiger partial charge in [0.05, 0.1) is 18.0 Å². The van der Waals surface area contributed by atoms with Crippen LogP contribution in [0.2, 0.25) is 0 Å². The number of hydrogen-bond donors (Lipinski definition) is 0. The Labute approximate surface area is 210 Å². The van der Waals surface area contributed by atoms with E-state index in [1.54, 1.807) is 37.3 Å². The average Bonchev–Trinajstić information content (AvgIpc) is 2.89. The molecule has 0 spiro atoms. The summed E-state index contributed by atoms with van der Waals surface area (Å²) in [5.74, 6) is 0.762. The summed E-state index contributed by atoms with van der Waals surface area (Å²) in [7, 11) is 4.72. The van der Waals surface area contributed by atoms with Crippen LogP contribution < -0.4 is 16.0 Å². The molecule has 0 radical (unpaired) electrons. The van der Waals surface area contributed by atoms with E-state index in [4.69, 9.17) is 9.47 Å². The Hall–Kier alpha value is -3.14. The Balaban J connectivity index is 1.39. The molecule has 1 aliphatic carbocycles. The monoisotopic (exact) mass is 500 g/mol. The number of ether oxygens (including phenoxy) is 2. The minimum absolute atomic E-state index is 0.0451. The third-order valence-electron chi connectivity index (χ3n) is 7.72. The first-order valence-electron chi connectivity index (χ1n) is 12.6. The highest BCUT2D eigenvalue weighted by molar-refractivity contribution is 5.81. The van der Waals surface area contributed by atoms with Gasteiger partial charge >= 0.3 is 5.69 Å². The van der Waals surface area contributed by atoms with Crippen molar-refractivity contribution in [3.63, 3.8) is 0 Å². The second kappa shape index (κ2) is 10.9. The van der Waals surface area contributed by atoms with E-state index in [2.05, 4.69) is 0 Å². The molecule has 1 atom stereocenters. The summed E-state index contributed by atoms with van der Waals surface area (Å²) in [4.78, 5) is 55.2. The quantitative estimate of drug-likeness (QED) is 0.591. The van der Waals surface area contributed by atoms with Crippen LogP contribution in [-0.4, -0.2) is 77.3 Å². The second-order valence-corrected chi connectivity index (χ2v) is 10.0. The Morgan fingerprint density at radius 3 is 2.42 bits per heavy atom. The molecule has 0 unspecified atom stereocenters. The van der Waals surface area contributed by atoms with Gasteiger partial charge in [-0.15, -0.1) is 0 Å². The number of aromatic nitrogens is 2. The first-order valence-corrected chi connectivity index (χ1v) is 12.6. The molecule has 0 bridgehead atoms. The largest absolute Gasteiger partial charge is 0.497 e. The minimum Gasteiger partial charge on any atom is -0.497 e. The number of amides is 2. The molecule has 2 heterocycles. The smallest absolute Gasteiger partial charge is 0.331 e. The van der Waals surface area contributed by atoms with Crippen LogP contribution >= 0.6 is 0 Å². The van der Waals surface area contributed by atoms with Gasteiger partial charge in [0.15, 0.2) is 0 Å². The highest BCUT2D eigenvalue weighted by Crippen LogP contribution is 2.31. The van der Waals surface area contributed by atoms with Crippen LogP contribution in [0.5, 0.6) is 5.75 Å². The zero-order valence-corrected chi connectivity index (χ0v) is 21.6. The lowest BCUT2D eigenvalue weighted by atomic mass is 9.81. The number of aryl methyl sites for hydroxylation is 1. The second-order valence-electron chi connectivity index (χ2n) is 10.0. The van der Waals surface area contributed by atoms with E-state index >= 15 is 0 Å². The van der Waals surface area contributed by atoms with E-state index in [1.165, 1.54) is 16.2 Å². The maximum Gasteiger partial charge on any atom is 0.331 e. The van der Waals surface area contributed by atoms with Crippen molar-refractivity contribution < 1.29 is 19.1 Å². The summed E-state index contributed by atoms with van der Waals surface area (Å²) in [5, 5.41) is 0.456. The molecule has 1 saturated heterocycles. The summed E-state index contributed by atoms with van der Waals surface area (Å²) in [6.45, 7) is 3.94. The van der Waals surface area contributed by atoms with Crippen molar-refractivity contribution in [1.82, 2.24) is 18.9 Å². The number of carbonyl (C=O) groups excluding carboxylic acids is 2. The molecule has 36 heavy (non-hydrogen) atoms. The molecule has 1 aliphatic heterocycles. The molecule has 4 rings (SSSR count). The van der Waals surface area contributed by atoms with Gasteiger partial charge in [-0.25, -0.2) is 4.79 Å². The van der Waals surface area contributed by atoms with Gasteiger partial charge in [-0.05, 0) is 56.7 Å². The zero-order chi connectivity index (χ0) is 26.0. The van der Waals surface area contributed by atoms with Crippen LogP contribution in [0.4, 0.5) is 0 Å². The minimum atomic E-state index is -0.328. The highest BCUT2D eigenvalue weighted by atomic mass is 16.5. The van der Waals surface area contributed by atoms with Crippen LogP contribution in [0.1, 0.15) is 32.6 Å². The lowest BCUT2D eigenvalue weighted by Gasteiger charge is -2.41. The van der Waals surface area contributed by atoms with Gasteiger partial charge in [-0.1, -0.05) is 0 Å². The molecule has 0 N–H and O–H groups in total. The molecule has 2 amide bonds. The van der Waals surface area contributed by atoms with Gasteiger partial charge in [0.1, 0.15) is 12.4 Å². The topological polar surface area (TPSA) is 103 Å². The maximum atomic E-state index is 13.2. The Morgan fingerprint density at radius 2 is 1.78 bits per heavy atom. The summed E-state index contributed by atoms with van der Waals surface area (Å²) < 4.78 is 13.0. The molecule has 2 fully saturated rings. The van der Waals surface area contributed by atoms with Crippen molar-refractivity contribution in [2.24, 2.45) is 18.9 Å². The predicted molar refractivity (Wildman–Crippen MR) is 135 cm³/mol. The number of rotatable bonds is 6. The molecular formula is C26H36N4O6. The maximum absolute atomic E-state index is 13.2. The fourth-order valence-electron chi connectivity index (χ4n) is 5.63. The van der Waals surface area contributed by atoms with E-state index in [-0.39, 0.29) is 47.5 Å². The molecule has 1 aromatic heterocycles. The number of hydrogen-bond acceptors (Lipinski definition) is 6. The lowest BCUT2D eigenvalue weighted by Crippen LogP contribution is -2.57. The SMILES string of the molecule is COCC(=O)N1CCN(C(=O)C2CCC(Cn3c(=O)c4cc(OC)ccc4n(C)c3=O)CC2)C[C@H]1C. The summed E-state index contributed by atoms with van der Waals surface area (Å²) in [6.07, 6.45) is 3.03. The predicted octanol–water partition coefficient (Wildman–Crippen LogP) is 1.22. The molecule has 196 valence electrons. The molecule has 2 aromatic rings. The van der Waals surface area contributed by atoms with Crippen molar-refractivity contribution in [2.45, 2.75) is 45.2 Å². The fourth-order valence-corrected chi connectivity index (χ4v) is 5.63. The van der Waals surface area contributed by atoms with Crippen LogP contribution in [0.25, 0.3) is 10.9 Å². The third-order valence-corrected chi connectivity index (χ3v) is 7.72. The van der Waals surface area contributed by atoms with Gasteiger partial charge in [0, 0.05) is 52.3 Å². The van der Waals surface area contributed by atoms with Crippen LogP contribution in [0.3, 0.4) is 0 Å². The molecule has 1 aromatic carbocycles. The Morgan fingerprint density at radius 1 is 1.06 bits per heavy atom. The van der Waals surface area contributed by atoms with Crippen LogP contribution in [-0.2, 0) is 27.9 Å². The van der Waals surface area contributed by atoms with Crippen molar-refractivity contribution in [1.29, 1.82) is 0 Å². The fraction of sp³-hybridized carbons (Fsp3) is 0.615. The van der Waals surface area contributed by atoms with Crippen LogP contribution in [0, 0.1) is 11.8 Å². The summed E-state index contributed by atoms with van der Waals surface area (Å²) in [6, 6.07) is 5.09. The van der Waals surface area contributed by atoms with E-state index in [0.29, 0.717) is 42.8 Å². The summed E-state index contributed by atoms with van der Waals surface area (Å²) >= 11 is 0. The number of fused-ring (bicyclic) bond motifs is 1. The van der Waals surface area contributed by atoms with Gasteiger partial charge < -0.3 is 19.3 Å². The lowest BCUT2D eigenvalue weighted by molar-refractivity contribution is -0.147. The zero-order valence-electron chi connectivity index (χ0n) is 21.6. The normalized spacial score (nSPS) is 22.6. The molecule has 10 nitrogen and oxygen atoms in total. The average molecular weight is 501 g/mol. The Bertz CT molecular complexity index is 1240. The van der Waals surface area contributed by atoms with Gasteiger partial charge in [0.25, 0.3) is 5.56 Å². The van der Waals surface area contributed by atoms with E-state index in [0.717, 1.165) is 25.7 Å². The third kappa shape index (κ3) is 5.04. The van der Waals surface area contributed by atoms with Crippen molar-refractivity contribution in [3.05, 3.63) is 39.0 Å². The number of benzene rings is 1. The van der Waals surface area contributed by atoms with Gasteiger partial charge in [-0.2, -0.15) is 0 Å². The van der Waals surface area contributed by atoms with Crippen LogP contribution in [0.15, 0.2) is 27.8 Å². The first-order chi connectivity index (χ1) is 17.2. The van der Waals surface area contributed by atoms with Crippen molar-refractivity contribution >= 4 is 22.7 Å². The van der Waals surface area contributed by atoms with E-state index < -0.39 is 0 Å². The first kappa shape index (κ1) is 25.9. The number of carbonyl (C=O) groups is 2. The standard InChI is InChI=1S/C26H36N4O6/c1-17-14-28(11-12-29(17)23(31)16-35-3)24(32)19-7-5-18(6-8-19)15-30-25(33)21-13-20(36-4)9-10-22(21)27(2)26(30)34/h9-10,13,17-19H,5-8,11-12,14-16H2,1-4H3/t17-,18?,19?/m1/s1. The summed E-state index contributed by atoms with van der Waals surface area (Å²) in [5.41, 5.74) is -0.0552. The molecule has 10 heteroatoms. The van der Waals surface area contributed by atoms with Crippen molar-refractivity contribution in [3.8, 4) is 5.75 Å². The Kier molecular flexibility index (Phi) is 7.82. The molecular weight excluding hydrogens is 464 g/mol. The number of piperazine rings is 1. The highest BCUT2D eigenvalue weighted by Gasteiger charge is 2.34. The number of nitrogens with zero attached hydrogens (tertiary/aromatic N) is 4. The molecule has 2 aliphatic rings. The van der Waals surface area contributed by atoms with Gasteiger partial charge in [0.2, 0.25) is 11.8 Å². The number of methoxy groups -OCH3 is 2. The van der Waals surface area contributed by atoms with Crippen molar-refractivity contribution in [2.75, 3.05) is 40.5 Å². The van der Waals surface area contributed by atoms with E-state index in [9.17, 15) is 19.2 Å². The van der Waals surface area contributed by atoms with Gasteiger partial charge in [-0.3, -0.25) is 23.5 Å². The molecule has 1 saturated carbocycles.